The van der Waals surface area contributed by atoms with Crippen LogP contribution in [0, 0.1) is 5.82 Å². The summed E-state index contributed by atoms with van der Waals surface area (Å²) in [6, 6.07) is 8.63. The molecule has 2 rings (SSSR count). The van der Waals surface area contributed by atoms with Crippen molar-refractivity contribution in [2.75, 3.05) is 12.8 Å². The molecule has 0 aromatic heterocycles. The van der Waals surface area contributed by atoms with Gasteiger partial charge in [0, 0.05) is 15.7 Å². The standard InChI is InChI=1S/C14H11BrFNO2/c1-19-13-5-3-9(16)7-10(13)14(18)8-2-4-12(17)11(15)6-8/h2-7H,17H2,1H3. The number of hydrogen-bond acceptors (Lipinski definition) is 3. The Morgan fingerprint density at radius 2 is 2.00 bits per heavy atom. The first-order chi connectivity index (χ1) is 9.02. The van der Waals surface area contributed by atoms with E-state index in [4.69, 9.17) is 10.5 Å². The maximum atomic E-state index is 13.3. The largest absolute Gasteiger partial charge is 0.496 e. The summed E-state index contributed by atoms with van der Waals surface area (Å²) < 4.78 is 19.0. The Bertz CT molecular complexity index is 643. The molecule has 0 aliphatic rings. The molecule has 3 nitrogen and oxygen atoms in total. The van der Waals surface area contributed by atoms with Crippen LogP contribution in [0.1, 0.15) is 15.9 Å². The van der Waals surface area contributed by atoms with E-state index < -0.39 is 5.82 Å². The molecule has 98 valence electrons. The topological polar surface area (TPSA) is 52.3 Å². The third-order valence-electron chi connectivity index (χ3n) is 2.67. The van der Waals surface area contributed by atoms with Crippen molar-refractivity contribution in [2.45, 2.75) is 0 Å². The van der Waals surface area contributed by atoms with Crippen LogP contribution in [0.25, 0.3) is 0 Å². The van der Waals surface area contributed by atoms with Crippen LogP contribution in [0.5, 0.6) is 5.75 Å². The van der Waals surface area contributed by atoms with Crippen LogP contribution in [0.3, 0.4) is 0 Å². The molecule has 0 saturated carbocycles. The molecule has 0 aliphatic carbocycles. The van der Waals surface area contributed by atoms with E-state index in [1.807, 2.05) is 0 Å². The van der Waals surface area contributed by atoms with Gasteiger partial charge in [0.1, 0.15) is 11.6 Å². The molecule has 0 radical (unpaired) electrons. The highest BCUT2D eigenvalue weighted by molar-refractivity contribution is 9.10. The van der Waals surface area contributed by atoms with Gasteiger partial charge in [-0.1, -0.05) is 0 Å². The number of ether oxygens (including phenoxy) is 1. The number of benzene rings is 2. The summed E-state index contributed by atoms with van der Waals surface area (Å²) in [6.07, 6.45) is 0. The lowest BCUT2D eigenvalue weighted by atomic mass is 10.0. The van der Waals surface area contributed by atoms with Crippen LogP contribution in [-0.2, 0) is 0 Å². The van der Waals surface area contributed by atoms with Crippen molar-refractivity contribution >= 4 is 27.4 Å². The minimum Gasteiger partial charge on any atom is -0.496 e. The first-order valence-electron chi connectivity index (χ1n) is 5.46. The van der Waals surface area contributed by atoms with E-state index >= 15 is 0 Å². The second-order valence-electron chi connectivity index (χ2n) is 3.91. The summed E-state index contributed by atoms with van der Waals surface area (Å²) in [4.78, 5) is 12.3. The monoisotopic (exact) mass is 323 g/mol. The van der Waals surface area contributed by atoms with Gasteiger partial charge in [-0.25, -0.2) is 4.39 Å². The molecule has 2 N–H and O–H groups in total. The van der Waals surface area contributed by atoms with Crippen LogP contribution in [-0.4, -0.2) is 12.9 Å². The quantitative estimate of drug-likeness (QED) is 0.695. The lowest BCUT2D eigenvalue weighted by Gasteiger charge is -2.08. The molecule has 0 spiro atoms. The van der Waals surface area contributed by atoms with Gasteiger partial charge in [0.15, 0.2) is 5.78 Å². The van der Waals surface area contributed by atoms with Gasteiger partial charge < -0.3 is 10.5 Å². The van der Waals surface area contributed by atoms with Gasteiger partial charge >= 0.3 is 0 Å². The van der Waals surface area contributed by atoms with E-state index in [1.54, 1.807) is 18.2 Å². The molecular formula is C14H11BrFNO2. The maximum Gasteiger partial charge on any atom is 0.196 e. The zero-order valence-electron chi connectivity index (χ0n) is 10.1. The number of rotatable bonds is 3. The zero-order valence-corrected chi connectivity index (χ0v) is 11.7. The second-order valence-corrected chi connectivity index (χ2v) is 4.76. The number of hydrogen-bond donors (Lipinski definition) is 1. The fourth-order valence-corrected chi connectivity index (χ4v) is 2.06. The molecule has 0 fully saturated rings. The summed E-state index contributed by atoms with van der Waals surface area (Å²) in [5, 5.41) is 0. The number of nitrogens with two attached hydrogens (primary N) is 1. The lowest BCUT2D eigenvalue weighted by Crippen LogP contribution is -2.05. The molecule has 0 bridgehead atoms. The Labute approximate surface area is 118 Å². The highest BCUT2D eigenvalue weighted by Crippen LogP contribution is 2.26. The van der Waals surface area contributed by atoms with Gasteiger partial charge in [0.25, 0.3) is 0 Å². The predicted octanol–water partition coefficient (Wildman–Crippen LogP) is 3.41. The van der Waals surface area contributed by atoms with Crippen LogP contribution in [0.4, 0.5) is 10.1 Å². The van der Waals surface area contributed by atoms with E-state index in [9.17, 15) is 9.18 Å². The average Bonchev–Trinajstić information content (AvgIpc) is 2.41. The van der Waals surface area contributed by atoms with E-state index in [2.05, 4.69) is 15.9 Å². The minimum atomic E-state index is -0.487. The normalized spacial score (nSPS) is 10.3. The van der Waals surface area contributed by atoms with Gasteiger partial charge in [-0.2, -0.15) is 0 Å². The zero-order chi connectivity index (χ0) is 14.0. The van der Waals surface area contributed by atoms with Gasteiger partial charge in [0.2, 0.25) is 0 Å². The lowest BCUT2D eigenvalue weighted by molar-refractivity contribution is 0.103. The van der Waals surface area contributed by atoms with Gasteiger partial charge in [-0.15, -0.1) is 0 Å². The van der Waals surface area contributed by atoms with Crippen molar-refractivity contribution < 1.29 is 13.9 Å². The molecule has 0 saturated heterocycles. The highest BCUT2D eigenvalue weighted by Gasteiger charge is 2.16. The molecule has 19 heavy (non-hydrogen) atoms. The van der Waals surface area contributed by atoms with E-state index in [1.165, 1.54) is 19.2 Å². The van der Waals surface area contributed by atoms with Crippen molar-refractivity contribution in [1.29, 1.82) is 0 Å². The fourth-order valence-electron chi connectivity index (χ4n) is 1.68. The molecule has 0 unspecified atom stereocenters. The first kappa shape index (κ1) is 13.5. The molecular weight excluding hydrogens is 313 g/mol. The van der Waals surface area contributed by atoms with Crippen LogP contribution >= 0.6 is 15.9 Å². The fraction of sp³-hybridized carbons (Fsp3) is 0.0714. The number of anilines is 1. The van der Waals surface area contributed by atoms with Gasteiger partial charge in [-0.05, 0) is 52.3 Å². The smallest absolute Gasteiger partial charge is 0.196 e. The number of halogens is 2. The third kappa shape index (κ3) is 2.76. The Morgan fingerprint density at radius 1 is 1.26 bits per heavy atom. The Hall–Kier alpha value is -1.88. The number of carbonyl (C=O) groups excluding carboxylic acids is 1. The van der Waals surface area contributed by atoms with Gasteiger partial charge in [-0.3, -0.25) is 4.79 Å². The number of methoxy groups -OCH3 is 1. The van der Waals surface area contributed by atoms with Gasteiger partial charge in [0.05, 0.1) is 12.7 Å². The third-order valence-corrected chi connectivity index (χ3v) is 3.36. The van der Waals surface area contributed by atoms with E-state index in [0.717, 1.165) is 6.07 Å². The summed E-state index contributed by atoms with van der Waals surface area (Å²) in [6.45, 7) is 0. The van der Waals surface area contributed by atoms with E-state index in [-0.39, 0.29) is 11.3 Å². The van der Waals surface area contributed by atoms with E-state index in [0.29, 0.717) is 21.5 Å². The number of nitrogen functional groups attached to an aromatic ring is 1. The Kier molecular flexibility index (Phi) is 3.85. The summed E-state index contributed by atoms with van der Waals surface area (Å²) in [5.74, 6) is -0.477. The molecule has 5 heteroatoms. The molecule has 2 aromatic carbocycles. The van der Waals surface area contributed by atoms with Crippen molar-refractivity contribution in [3.8, 4) is 5.75 Å². The molecule has 0 atom stereocenters. The summed E-state index contributed by atoms with van der Waals surface area (Å²) in [5.41, 5.74) is 6.78. The Balaban J connectivity index is 2.49. The second kappa shape index (κ2) is 5.40. The predicted molar refractivity (Wildman–Crippen MR) is 74.9 cm³/mol. The van der Waals surface area contributed by atoms with Crippen molar-refractivity contribution in [2.24, 2.45) is 0 Å². The van der Waals surface area contributed by atoms with Crippen molar-refractivity contribution in [3.63, 3.8) is 0 Å². The molecule has 2 aromatic rings. The van der Waals surface area contributed by atoms with Crippen molar-refractivity contribution in [3.05, 3.63) is 57.8 Å². The number of carbonyl (C=O) groups is 1. The van der Waals surface area contributed by atoms with Crippen LogP contribution < -0.4 is 10.5 Å². The van der Waals surface area contributed by atoms with Crippen LogP contribution in [0.2, 0.25) is 0 Å². The molecule has 0 aliphatic heterocycles. The molecule has 0 heterocycles. The first-order valence-corrected chi connectivity index (χ1v) is 6.25. The highest BCUT2D eigenvalue weighted by atomic mass is 79.9. The number of ketones is 1. The average molecular weight is 324 g/mol. The molecule has 0 amide bonds. The van der Waals surface area contributed by atoms with Crippen LogP contribution in [0.15, 0.2) is 40.9 Å². The summed E-state index contributed by atoms with van der Waals surface area (Å²) >= 11 is 3.25. The van der Waals surface area contributed by atoms with Crippen molar-refractivity contribution in [1.82, 2.24) is 0 Å². The summed E-state index contributed by atoms with van der Waals surface area (Å²) in [7, 11) is 1.43. The maximum absolute atomic E-state index is 13.3. The minimum absolute atomic E-state index is 0.180. The Morgan fingerprint density at radius 3 is 2.63 bits per heavy atom. The SMILES string of the molecule is COc1ccc(F)cc1C(=O)c1ccc(N)c(Br)c1.